The van der Waals surface area contributed by atoms with Gasteiger partial charge in [0.05, 0.1) is 5.92 Å². The van der Waals surface area contributed by atoms with Crippen molar-refractivity contribution in [2.45, 2.75) is 44.6 Å². The second kappa shape index (κ2) is 6.92. The molecule has 0 radical (unpaired) electrons. The largest absolute Gasteiger partial charge is 0.353 e. The van der Waals surface area contributed by atoms with Crippen LogP contribution >= 0.6 is 0 Å². The fourth-order valence-corrected chi connectivity index (χ4v) is 3.37. The number of nitrogens with zero attached hydrogens (tertiary/aromatic N) is 1. The maximum atomic E-state index is 12.4. The van der Waals surface area contributed by atoms with E-state index in [1.54, 1.807) is 4.90 Å². The van der Waals surface area contributed by atoms with Gasteiger partial charge in [0.1, 0.15) is 0 Å². The number of nitrogens with two attached hydrogens (primary N) is 2. The van der Waals surface area contributed by atoms with E-state index in [1.807, 2.05) is 0 Å². The van der Waals surface area contributed by atoms with Crippen LogP contribution < -0.4 is 16.8 Å². The summed E-state index contributed by atoms with van der Waals surface area (Å²) in [6.07, 6.45) is 6.13. The lowest BCUT2D eigenvalue weighted by molar-refractivity contribution is -0.127. The lowest BCUT2D eigenvalue weighted by atomic mass is 9.84. The smallest absolute Gasteiger partial charge is 0.314 e. The van der Waals surface area contributed by atoms with Crippen molar-refractivity contribution in [2.24, 2.45) is 23.3 Å². The molecular weight excluding hydrogens is 256 g/mol. The molecule has 2 rings (SSSR count). The third-order valence-corrected chi connectivity index (χ3v) is 4.64. The van der Waals surface area contributed by atoms with Crippen LogP contribution in [0.1, 0.15) is 38.5 Å². The monoisotopic (exact) mass is 282 g/mol. The highest BCUT2D eigenvalue weighted by Crippen LogP contribution is 2.24. The maximum absolute atomic E-state index is 12.4. The number of hydrogen-bond acceptors (Lipinski definition) is 3. The van der Waals surface area contributed by atoms with Gasteiger partial charge < -0.3 is 21.7 Å². The Morgan fingerprint density at radius 2 is 1.90 bits per heavy atom. The van der Waals surface area contributed by atoms with Gasteiger partial charge in [-0.3, -0.25) is 4.79 Å². The second-order valence-corrected chi connectivity index (χ2v) is 6.02. The van der Waals surface area contributed by atoms with Crippen LogP contribution in [0, 0.1) is 11.8 Å². The Bertz CT molecular complexity index is 361. The number of carbonyl (C=O) groups excluding carboxylic acids is 2. The Labute approximate surface area is 120 Å². The Morgan fingerprint density at radius 1 is 1.15 bits per heavy atom. The molecule has 6 nitrogen and oxygen atoms in total. The van der Waals surface area contributed by atoms with E-state index >= 15 is 0 Å². The van der Waals surface area contributed by atoms with Gasteiger partial charge in [0, 0.05) is 19.1 Å². The number of primary amides is 1. The fraction of sp³-hybridized carbons (Fsp3) is 0.857. The molecule has 1 heterocycles. The number of nitrogens with one attached hydrogen (secondary N) is 1. The van der Waals surface area contributed by atoms with Crippen molar-refractivity contribution in [1.29, 1.82) is 0 Å². The van der Waals surface area contributed by atoms with Gasteiger partial charge >= 0.3 is 6.03 Å². The average Bonchev–Trinajstić information content (AvgIpc) is 2.48. The van der Waals surface area contributed by atoms with E-state index < -0.39 is 6.03 Å². The van der Waals surface area contributed by atoms with Crippen LogP contribution in [0.4, 0.5) is 4.79 Å². The number of amides is 3. The molecular formula is C14H26N4O2. The molecule has 20 heavy (non-hydrogen) atoms. The van der Waals surface area contributed by atoms with Gasteiger partial charge in [0.2, 0.25) is 5.91 Å². The molecule has 1 aliphatic heterocycles. The summed E-state index contributed by atoms with van der Waals surface area (Å²) in [5, 5.41) is 3.15. The normalized spacial score (nSPS) is 30.9. The Hall–Kier alpha value is -1.30. The zero-order valence-corrected chi connectivity index (χ0v) is 12.0. The van der Waals surface area contributed by atoms with Gasteiger partial charge in [-0.1, -0.05) is 12.8 Å². The van der Waals surface area contributed by atoms with Crippen molar-refractivity contribution in [3.63, 3.8) is 0 Å². The van der Waals surface area contributed by atoms with Crippen molar-refractivity contribution in [1.82, 2.24) is 10.2 Å². The molecule has 0 aromatic carbocycles. The summed E-state index contributed by atoms with van der Waals surface area (Å²) in [7, 11) is 0. The van der Waals surface area contributed by atoms with Gasteiger partial charge in [-0.25, -0.2) is 4.79 Å². The quantitative estimate of drug-likeness (QED) is 0.698. The van der Waals surface area contributed by atoms with E-state index in [-0.39, 0.29) is 17.9 Å². The topological polar surface area (TPSA) is 101 Å². The fourth-order valence-electron chi connectivity index (χ4n) is 3.37. The molecule has 3 unspecified atom stereocenters. The first-order chi connectivity index (χ1) is 9.61. The maximum Gasteiger partial charge on any atom is 0.314 e. The molecule has 5 N–H and O–H groups in total. The van der Waals surface area contributed by atoms with Crippen LogP contribution in [-0.2, 0) is 4.79 Å². The first kappa shape index (κ1) is 15.1. The zero-order valence-electron chi connectivity index (χ0n) is 12.0. The van der Waals surface area contributed by atoms with Crippen LogP contribution in [0.2, 0.25) is 0 Å². The van der Waals surface area contributed by atoms with Crippen LogP contribution in [0.5, 0.6) is 0 Å². The number of likely N-dealkylation sites (tertiary alicyclic amines) is 1. The van der Waals surface area contributed by atoms with Crippen molar-refractivity contribution in [3.8, 4) is 0 Å². The molecule has 0 spiro atoms. The number of piperidine rings is 1. The lowest BCUT2D eigenvalue weighted by Crippen LogP contribution is -2.51. The third kappa shape index (κ3) is 3.62. The van der Waals surface area contributed by atoms with Crippen LogP contribution in [0.15, 0.2) is 0 Å². The minimum absolute atomic E-state index is 0.0568. The lowest BCUT2D eigenvalue weighted by Gasteiger charge is -2.35. The molecule has 2 aliphatic rings. The van der Waals surface area contributed by atoms with E-state index in [0.29, 0.717) is 25.6 Å². The number of carbonyl (C=O) groups is 2. The SMILES string of the molecule is NCC1CCCCC1NC(=O)C1CCCN(C(N)=O)C1. The number of urea groups is 1. The Balaban J connectivity index is 1.88. The Morgan fingerprint density at radius 3 is 2.60 bits per heavy atom. The molecule has 3 amide bonds. The van der Waals surface area contributed by atoms with Crippen molar-refractivity contribution in [2.75, 3.05) is 19.6 Å². The summed E-state index contributed by atoms with van der Waals surface area (Å²) in [6.45, 7) is 1.73. The van der Waals surface area contributed by atoms with Crippen LogP contribution in [0.3, 0.4) is 0 Å². The number of hydrogen-bond donors (Lipinski definition) is 3. The van der Waals surface area contributed by atoms with Crippen molar-refractivity contribution >= 4 is 11.9 Å². The second-order valence-electron chi connectivity index (χ2n) is 6.02. The van der Waals surface area contributed by atoms with Gasteiger partial charge in [-0.05, 0) is 38.1 Å². The molecule has 0 bridgehead atoms. The minimum atomic E-state index is -0.431. The summed E-state index contributed by atoms with van der Waals surface area (Å²) >= 11 is 0. The molecule has 3 atom stereocenters. The van der Waals surface area contributed by atoms with E-state index in [4.69, 9.17) is 11.5 Å². The van der Waals surface area contributed by atoms with Crippen LogP contribution in [0.25, 0.3) is 0 Å². The molecule has 1 aliphatic carbocycles. The van der Waals surface area contributed by atoms with Crippen molar-refractivity contribution < 1.29 is 9.59 Å². The molecule has 2 fully saturated rings. The first-order valence-corrected chi connectivity index (χ1v) is 7.66. The summed E-state index contributed by atoms with van der Waals surface area (Å²) in [5.41, 5.74) is 11.1. The molecule has 0 aromatic heterocycles. The highest BCUT2D eigenvalue weighted by atomic mass is 16.2. The van der Waals surface area contributed by atoms with E-state index in [1.165, 1.54) is 6.42 Å². The van der Waals surface area contributed by atoms with Gasteiger partial charge in [0.15, 0.2) is 0 Å². The highest BCUT2D eigenvalue weighted by Gasteiger charge is 2.31. The summed E-state index contributed by atoms with van der Waals surface area (Å²) < 4.78 is 0. The summed E-state index contributed by atoms with van der Waals surface area (Å²) in [4.78, 5) is 25.1. The Kier molecular flexibility index (Phi) is 5.23. The predicted molar refractivity (Wildman–Crippen MR) is 76.8 cm³/mol. The van der Waals surface area contributed by atoms with E-state index in [0.717, 1.165) is 32.1 Å². The third-order valence-electron chi connectivity index (χ3n) is 4.64. The van der Waals surface area contributed by atoms with Gasteiger partial charge in [-0.15, -0.1) is 0 Å². The average molecular weight is 282 g/mol. The minimum Gasteiger partial charge on any atom is -0.353 e. The predicted octanol–water partition coefficient (Wildman–Crippen LogP) is 0.411. The molecule has 1 saturated carbocycles. The van der Waals surface area contributed by atoms with E-state index in [9.17, 15) is 9.59 Å². The molecule has 1 saturated heterocycles. The van der Waals surface area contributed by atoms with Gasteiger partial charge in [0.25, 0.3) is 0 Å². The van der Waals surface area contributed by atoms with Crippen LogP contribution in [-0.4, -0.2) is 42.5 Å². The van der Waals surface area contributed by atoms with Crippen molar-refractivity contribution in [3.05, 3.63) is 0 Å². The molecule has 114 valence electrons. The summed E-state index contributed by atoms with van der Waals surface area (Å²) in [6, 6.07) is -0.231. The standard InChI is InChI=1S/C14H26N4O2/c15-8-10-4-1-2-6-12(10)17-13(19)11-5-3-7-18(9-11)14(16)20/h10-12H,1-9,15H2,(H2,16,20)(H,17,19). The summed E-state index contributed by atoms with van der Waals surface area (Å²) in [5.74, 6) is 0.321. The van der Waals surface area contributed by atoms with Gasteiger partial charge in [-0.2, -0.15) is 0 Å². The zero-order chi connectivity index (χ0) is 14.5. The highest BCUT2D eigenvalue weighted by molar-refractivity contribution is 5.80. The molecule has 0 aromatic rings. The number of rotatable bonds is 3. The molecule has 6 heteroatoms. The first-order valence-electron chi connectivity index (χ1n) is 7.66. The van der Waals surface area contributed by atoms with E-state index in [2.05, 4.69) is 5.32 Å².